The number of carbonyl (C=O) groups is 1. The molecule has 3 N–H and O–H groups in total. The maximum atomic E-state index is 13.4. The SMILES string of the molecule is CCC(C)(CC)Cc1cc(NC(=O)CCc2cc(C(C)(C)C)c(O)c(C(C)(C)C)c2)c(CC(C)(CC)CC)cc1O. The van der Waals surface area contributed by atoms with Crippen LogP contribution in [0.4, 0.5) is 5.69 Å². The van der Waals surface area contributed by atoms with Gasteiger partial charge in [0.25, 0.3) is 0 Å². The number of aryl methyl sites for hydroxylation is 1. The van der Waals surface area contributed by atoms with Gasteiger partial charge in [0.1, 0.15) is 11.5 Å². The molecular weight excluding hydrogens is 506 g/mol. The third-order valence-electron chi connectivity index (χ3n) is 9.65. The first-order chi connectivity index (χ1) is 18.8. The molecule has 230 valence electrons. The van der Waals surface area contributed by atoms with Crippen molar-refractivity contribution in [2.75, 3.05) is 5.32 Å². The largest absolute Gasteiger partial charge is 0.508 e. The van der Waals surface area contributed by atoms with Gasteiger partial charge in [0.15, 0.2) is 0 Å². The Balaban J connectivity index is 2.43. The van der Waals surface area contributed by atoms with Crippen LogP contribution in [0.15, 0.2) is 24.3 Å². The molecule has 0 unspecified atom stereocenters. The van der Waals surface area contributed by atoms with Gasteiger partial charge >= 0.3 is 0 Å². The molecule has 0 atom stereocenters. The molecule has 0 spiro atoms. The highest BCUT2D eigenvalue weighted by Gasteiger charge is 2.28. The van der Waals surface area contributed by atoms with Crippen LogP contribution in [0.5, 0.6) is 11.5 Å². The molecule has 4 nitrogen and oxygen atoms in total. The first kappa shape index (κ1) is 34.7. The minimum absolute atomic E-state index is 0.0333. The van der Waals surface area contributed by atoms with Gasteiger partial charge in [-0.2, -0.15) is 0 Å². The highest BCUT2D eigenvalue weighted by Crippen LogP contribution is 2.41. The number of nitrogens with one attached hydrogen (secondary N) is 1. The summed E-state index contributed by atoms with van der Waals surface area (Å²) in [7, 11) is 0. The first-order valence-electron chi connectivity index (χ1n) is 15.8. The van der Waals surface area contributed by atoms with Crippen molar-refractivity contribution in [2.45, 2.75) is 145 Å². The number of hydrogen-bond acceptors (Lipinski definition) is 3. The fraction of sp³-hybridized carbons (Fsp3) is 0.649. The van der Waals surface area contributed by atoms with E-state index in [0.717, 1.165) is 72.0 Å². The van der Waals surface area contributed by atoms with Crippen molar-refractivity contribution in [2.24, 2.45) is 10.8 Å². The number of phenolic OH excluding ortho intramolecular Hbond substituents is 2. The van der Waals surface area contributed by atoms with Gasteiger partial charge in [0, 0.05) is 12.1 Å². The quantitative estimate of drug-likeness (QED) is 0.224. The molecule has 0 aliphatic carbocycles. The van der Waals surface area contributed by atoms with E-state index >= 15 is 0 Å². The van der Waals surface area contributed by atoms with Crippen molar-refractivity contribution in [3.05, 3.63) is 52.1 Å². The zero-order valence-corrected chi connectivity index (χ0v) is 28.3. The number of aromatic hydroxyl groups is 2. The van der Waals surface area contributed by atoms with Gasteiger partial charge in [0.2, 0.25) is 5.91 Å². The lowest BCUT2D eigenvalue weighted by atomic mass is 9.76. The van der Waals surface area contributed by atoms with Crippen molar-refractivity contribution in [1.82, 2.24) is 0 Å². The molecule has 0 heterocycles. The van der Waals surface area contributed by atoms with E-state index in [-0.39, 0.29) is 27.6 Å². The van der Waals surface area contributed by atoms with Crippen molar-refractivity contribution >= 4 is 11.6 Å². The Kier molecular flexibility index (Phi) is 11.2. The third kappa shape index (κ3) is 9.00. The lowest BCUT2D eigenvalue weighted by molar-refractivity contribution is -0.116. The predicted octanol–water partition coefficient (Wildman–Crippen LogP) is 10.0. The summed E-state index contributed by atoms with van der Waals surface area (Å²) >= 11 is 0. The predicted molar refractivity (Wildman–Crippen MR) is 175 cm³/mol. The van der Waals surface area contributed by atoms with Gasteiger partial charge in [-0.05, 0) is 80.9 Å². The molecule has 0 aromatic heterocycles. The van der Waals surface area contributed by atoms with Gasteiger partial charge in [-0.1, -0.05) is 121 Å². The molecule has 4 heteroatoms. The Labute approximate surface area is 251 Å². The van der Waals surface area contributed by atoms with E-state index in [9.17, 15) is 15.0 Å². The first-order valence-corrected chi connectivity index (χ1v) is 15.8. The van der Waals surface area contributed by atoms with E-state index in [4.69, 9.17) is 0 Å². The van der Waals surface area contributed by atoms with Gasteiger partial charge in [0.05, 0.1) is 0 Å². The van der Waals surface area contributed by atoms with Crippen LogP contribution in [0.25, 0.3) is 0 Å². The van der Waals surface area contributed by atoms with E-state index in [1.807, 2.05) is 12.1 Å². The van der Waals surface area contributed by atoms with Crippen LogP contribution in [-0.4, -0.2) is 16.1 Å². The Hall–Kier alpha value is -2.49. The zero-order valence-electron chi connectivity index (χ0n) is 28.3. The van der Waals surface area contributed by atoms with E-state index in [2.05, 4.69) is 101 Å². The number of hydrogen-bond donors (Lipinski definition) is 3. The summed E-state index contributed by atoms with van der Waals surface area (Å²) in [6, 6.07) is 8.04. The van der Waals surface area contributed by atoms with Gasteiger partial charge < -0.3 is 15.5 Å². The second-order valence-corrected chi connectivity index (χ2v) is 15.1. The number of amides is 1. The van der Waals surface area contributed by atoms with Crippen molar-refractivity contribution in [1.29, 1.82) is 0 Å². The molecule has 0 fully saturated rings. The average molecular weight is 566 g/mol. The van der Waals surface area contributed by atoms with E-state index in [0.29, 0.717) is 24.3 Å². The van der Waals surface area contributed by atoms with Crippen LogP contribution >= 0.6 is 0 Å². The maximum absolute atomic E-state index is 13.4. The Bertz CT molecular complexity index is 1150. The standard InChI is InChI=1S/C37H59NO3/c1-13-36(11,14-2)23-26-22-31(39)27(24-37(12,15-3)16-4)21-30(26)38-32(40)18-17-25-19-28(34(5,6)7)33(41)29(20-25)35(8,9)10/h19-22,39,41H,13-18,23-24H2,1-12H3,(H,38,40). The monoisotopic (exact) mass is 565 g/mol. The average Bonchev–Trinajstić information content (AvgIpc) is 2.89. The zero-order chi connectivity index (χ0) is 31.4. The number of benzene rings is 2. The lowest BCUT2D eigenvalue weighted by Crippen LogP contribution is -2.21. The molecule has 0 radical (unpaired) electrons. The van der Waals surface area contributed by atoms with Crippen molar-refractivity contribution in [3.8, 4) is 11.5 Å². The number of carbonyl (C=O) groups excluding carboxylic acids is 1. The smallest absolute Gasteiger partial charge is 0.224 e. The molecule has 41 heavy (non-hydrogen) atoms. The summed E-state index contributed by atoms with van der Waals surface area (Å²) in [5.74, 6) is 0.656. The van der Waals surface area contributed by atoms with Gasteiger partial charge in [-0.3, -0.25) is 4.79 Å². The Morgan fingerprint density at radius 1 is 0.683 bits per heavy atom. The van der Waals surface area contributed by atoms with Crippen LogP contribution in [0.3, 0.4) is 0 Å². The van der Waals surface area contributed by atoms with Crippen LogP contribution in [-0.2, 0) is 34.9 Å². The van der Waals surface area contributed by atoms with Crippen LogP contribution in [0.1, 0.15) is 143 Å². The number of rotatable bonds is 12. The summed E-state index contributed by atoms with van der Waals surface area (Å²) in [6.07, 6.45) is 6.59. The third-order valence-corrected chi connectivity index (χ3v) is 9.65. The number of phenols is 2. The Morgan fingerprint density at radius 2 is 1.12 bits per heavy atom. The van der Waals surface area contributed by atoms with Crippen LogP contribution in [0, 0.1) is 10.8 Å². The molecule has 2 rings (SSSR count). The van der Waals surface area contributed by atoms with E-state index in [1.165, 1.54) is 0 Å². The van der Waals surface area contributed by atoms with E-state index < -0.39 is 0 Å². The molecule has 0 saturated heterocycles. The Morgan fingerprint density at radius 3 is 1.54 bits per heavy atom. The molecule has 0 saturated carbocycles. The summed E-state index contributed by atoms with van der Waals surface area (Å²) < 4.78 is 0. The summed E-state index contributed by atoms with van der Waals surface area (Å²) in [6.45, 7) is 26.0. The molecule has 2 aromatic carbocycles. The fourth-order valence-electron chi connectivity index (χ4n) is 5.45. The minimum Gasteiger partial charge on any atom is -0.508 e. The van der Waals surface area contributed by atoms with Gasteiger partial charge in [-0.25, -0.2) is 0 Å². The molecule has 1 amide bonds. The minimum atomic E-state index is -0.212. The van der Waals surface area contributed by atoms with Crippen molar-refractivity contribution in [3.63, 3.8) is 0 Å². The van der Waals surface area contributed by atoms with Gasteiger partial charge in [-0.15, -0.1) is 0 Å². The molecular formula is C37H59NO3. The second kappa shape index (κ2) is 13.2. The maximum Gasteiger partial charge on any atom is 0.224 e. The molecule has 0 aliphatic heterocycles. The lowest BCUT2D eigenvalue weighted by Gasteiger charge is -2.30. The summed E-state index contributed by atoms with van der Waals surface area (Å²) in [4.78, 5) is 13.4. The highest BCUT2D eigenvalue weighted by molar-refractivity contribution is 5.92. The summed E-state index contributed by atoms with van der Waals surface area (Å²) in [5, 5.41) is 25.4. The highest BCUT2D eigenvalue weighted by atomic mass is 16.3. The summed E-state index contributed by atoms with van der Waals surface area (Å²) in [5.41, 5.74) is 5.37. The van der Waals surface area contributed by atoms with Crippen molar-refractivity contribution < 1.29 is 15.0 Å². The number of anilines is 1. The molecule has 2 aromatic rings. The normalized spacial score (nSPS) is 13.0. The molecule has 0 aliphatic rings. The van der Waals surface area contributed by atoms with Crippen LogP contribution in [0.2, 0.25) is 0 Å². The van der Waals surface area contributed by atoms with Crippen LogP contribution < -0.4 is 5.32 Å². The van der Waals surface area contributed by atoms with E-state index in [1.54, 1.807) is 0 Å². The topological polar surface area (TPSA) is 69.6 Å². The molecule has 0 bridgehead atoms. The fourth-order valence-corrected chi connectivity index (χ4v) is 5.45. The second-order valence-electron chi connectivity index (χ2n) is 15.1.